The molecule has 0 saturated carbocycles. The number of nitrogens with zero attached hydrogens (tertiary/aromatic N) is 1. The molecule has 0 spiro atoms. The fraction of sp³-hybridized carbons (Fsp3) is 0.800. The van der Waals surface area contributed by atoms with E-state index in [0.29, 0.717) is 13.0 Å². The fourth-order valence-electron chi connectivity index (χ4n) is 2.38. The molecule has 2 heterocycles. The molecule has 2 unspecified atom stereocenters. The Morgan fingerprint density at radius 2 is 2.27 bits per heavy atom. The van der Waals surface area contributed by atoms with Gasteiger partial charge in [0.2, 0.25) is 5.91 Å². The maximum Gasteiger partial charge on any atom is 0.318 e. The molecule has 2 atom stereocenters. The van der Waals surface area contributed by atoms with Crippen LogP contribution in [0.3, 0.4) is 0 Å². The first-order chi connectivity index (χ1) is 6.97. The molecule has 15 heavy (non-hydrogen) atoms. The van der Waals surface area contributed by atoms with Crippen molar-refractivity contribution in [2.45, 2.75) is 32.0 Å². The lowest BCUT2D eigenvalue weighted by atomic mass is 10.1. The third-order valence-electron chi connectivity index (χ3n) is 3.10. The normalized spacial score (nSPS) is 33.0. The van der Waals surface area contributed by atoms with Crippen molar-refractivity contribution in [2.24, 2.45) is 5.92 Å². The summed E-state index contributed by atoms with van der Waals surface area (Å²) >= 11 is 0. The molecule has 0 N–H and O–H groups in total. The van der Waals surface area contributed by atoms with E-state index in [4.69, 9.17) is 4.74 Å². The molecule has 0 aromatic heterocycles. The minimum Gasteiger partial charge on any atom is -0.468 e. The molecule has 0 bridgehead atoms. The summed E-state index contributed by atoms with van der Waals surface area (Å²) in [5.41, 5.74) is -0.593. The van der Waals surface area contributed by atoms with Gasteiger partial charge in [0, 0.05) is 0 Å². The van der Waals surface area contributed by atoms with Gasteiger partial charge in [0.15, 0.2) is 0 Å². The number of ether oxygens (including phenoxy) is 2. The molecular formula is C10H15NO4. The molecule has 2 rings (SSSR count). The number of methoxy groups -OCH3 is 1. The predicted molar refractivity (Wildman–Crippen MR) is 50.8 cm³/mol. The lowest BCUT2D eigenvalue weighted by molar-refractivity contribution is -0.155. The fourth-order valence-corrected chi connectivity index (χ4v) is 2.38. The number of hydrogen-bond acceptors (Lipinski definition) is 4. The third kappa shape index (κ3) is 1.42. The molecule has 2 saturated heterocycles. The van der Waals surface area contributed by atoms with E-state index in [-0.39, 0.29) is 11.9 Å². The molecule has 1 amide bonds. The van der Waals surface area contributed by atoms with E-state index >= 15 is 0 Å². The van der Waals surface area contributed by atoms with Gasteiger partial charge in [-0.3, -0.25) is 9.59 Å². The van der Waals surface area contributed by atoms with Crippen LogP contribution in [0.4, 0.5) is 0 Å². The van der Waals surface area contributed by atoms with Crippen LogP contribution in [-0.4, -0.2) is 42.3 Å². The summed E-state index contributed by atoms with van der Waals surface area (Å²) in [6.45, 7) is 4.18. The van der Waals surface area contributed by atoms with Crippen molar-refractivity contribution < 1.29 is 19.1 Å². The van der Waals surface area contributed by atoms with Crippen molar-refractivity contribution in [3.63, 3.8) is 0 Å². The largest absolute Gasteiger partial charge is 0.468 e. The van der Waals surface area contributed by atoms with Gasteiger partial charge in [-0.2, -0.15) is 0 Å². The summed E-state index contributed by atoms with van der Waals surface area (Å²) in [6.07, 6.45) is 0.509. The van der Waals surface area contributed by atoms with Crippen LogP contribution in [0.5, 0.6) is 0 Å². The molecule has 2 aliphatic rings. The lowest BCUT2D eigenvalue weighted by Crippen LogP contribution is -2.45. The summed E-state index contributed by atoms with van der Waals surface area (Å²) in [6, 6.07) is 0.0246. The van der Waals surface area contributed by atoms with Crippen LogP contribution in [0, 0.1) is 5.92 Å². The van der Waals surface area contributed by atoms with Crippen molar-refractivity contribution in [3.05, 3.63) is 0 Å². The zero-order chi connectivity index (χ0) is 11.2. The zero-order valence-electron chi connectivity index (χ0n) is 9.15. The quantitative estimate of drug-likeness (QED) is 0.459. The minimum atomic E-state index is -0.636. The molecule has 0 aliphatic carbocycles. The highest BCUT2D eigenvalue weighted by Crippen LogP contribution is 2.38. The molecule has 0 aromatic carbocycles. The highest BCUT2D eigenvalue weighted by molar-refractivity contribution is 6.00. The van der Waals surface area contributed by atoms with Crippen molar-refractivity contribution >= 4 is 11.9 Å². The Morgan fingerprint density at radius 1 is 1.60 bits per heavy atom. The first-order valence-electron chi connectivity index (χ1n) is 5.02. The van der Waals surface area contributed by atoms with Gasteiger partial charge in [0.05, 0.1) is 19.8 Å². The van der Waals surface area contributed by atoms with Crippen molar-refractivity contribution in [1.82, 2.24) is 4.90 Å². The number of carbonyl (C=O) groups excluding carboxylic acids is 2. The number of amides is 1. The highest BCUT2D eigenvalue weighted by atomic mass is 16.5. The summed E-state index contributed by atoms with van der Waals surface area (Å²) < 4.78 is 10.1. The second-order valence-corrected chi connectivity index (χ2v) is 4.43. The van der Waals surface area contributed by atoms with Crippen LogP contribution in [0.2, 0.25) is 0 Å². The van der Waals surface area contributed by atoms with Gasteiger partial charge in [-0.05, 0) is 20.3 Å². The third-order valence-corrected chi connectivity index (χ3v) is 3.10. The predicted octanol–water partition coefficient (Wildman–Crippen LogP) is 0.143. The first-order valence-corrected chi connectivity index (χ1v) is 5.02. The van der Waals surface area contributed by atoms with Gasteiger partial charge in [-0.25, -0.2) is 0 Å². The standard InChI is InChI=1S/C10H15NO4/c1-10(2)11-6(5-15-10)4-7(8(11)12)9(13)14-3/h6-7H,4-5H2,1-3H3. The van der Waals surface area contributed by atoms with E-state index in [1.165, 1.54) is 7.11 Å². The Hall–Kier alpha value is -1.10. The van der Waals surface area contributed by atoms with Gasteiger partial charge in [0.25, 0.3) is 0 Å². The average molecular weight is 213 g/mol. The van der Waals surface area contributed by atoms with E-state index in [2.05, 4.69) is 4.74 Å². The van der Waals surface area contributed by atoms with Gasteiger partial charge < -0.3 is 14.4 Å². The Labute approximate surface area is 88.3 Å². The van der Waals surface area contributed by atoms with E-state index in [9.17, 15) is 9.59 Å². The SMILES string of the molecule is COC(=O)C1CC2COC(C)(C)N2C1=O. The van der Waals surface area contributed by atoms with E-state index in [1.807, 2.05) is 13.8 Å². The number of carbonyl (C=O) groups is 2. The van der Waals surface area contributed by atoms with Crippen molar-refractivity contribution in [3.8, 4) is 0 Å². The summed E-state index contributed by atoms with van der Waals surface area (Å²) in [4.78, 5) is 25.0. The second kappa shape index (κ2) is 3.20. The molecule has 5 nitrogen and oxygen atoms in total. The molecule has 2 fully saturated rings. The van der Waals surface area contributed by atoms with Crippen molar-refractivity contribution in [1.29, 1.82) is 0 Å². The Balaban J connectivity index is 2.21. The summed E-state index contributed by atoms with van der Waals surface area (Å²) in [5, 5.41) is 0. The number of hydrogen-bond donors (Lipinski definition) is 0. The van der Waals surface area contributed by atoms with Gasteiger partial charge >= 0.3 is 5.97 Å². The van der Waals surface area contributed by atoms with Gasteiger partial charge in [0.1, 0.15) is 11.6 Å². The molecule has 5 heteroatoms. The number of esters is 1. The van der Waals surface area contributed by atoms with Crippen LogP contribution < -0.4 is 0 Å². The summed E-state index contributed by atoms with van der Waals surface area (Å²) in [7, 11) is 1.31. The Bertz CT molecular complexity index is 313. The van der Waals surface area contributed by atoms with E-state index in [1.54, 1.807) is 4.90 Å². The van der Waals surface area contributed by atoms with Crippen LogP contribution >= 0.6 is 0 Å². The second-order valence-electron chi connectivity index (χ2n) is 4.43. The molecular weight excluding hydrogens is 198 g/mol. The minimum absolute atomic E-state index is 0.0246. The highest BCUT2D eigenvalue weighted by Gasteiger charge is 2.54. The van der Waals surface area contributed by atoms with Crippen LogP contribution in [-0.2, 0) is 19.1 Å². The van der Waals surface area contributed by atoms with Crippen LogP contribution in [0.15, 0.2) is 0 Å². The lowest BCUT2D eigenvalue weighted by Gasteiger charge is -2.29. The Kier molecular flexibility index (Phi) is 2.22. The van der Waals surface area contributed by atoms with Crippen LogP contribution in [0.25, 0.3) is 0 Å². The molecule has 84 valence electrons. The van der Waals surface area contributed by atoms with Gasteiger partial charge in [-0.15, -0.1) is 0 Å². The molecule has 0 radical (unpaired) electrons. The van der Waals surface area contributed by atoms with E-state index in [0.717, 1.165) is 0 Å². The van der Waals surface area contributed by atoms with Gasteiger partial charge in [-0.1, -0.05) is 0 Å². The maximum absolute atomic E-state index is 11.9. The van der Waals surface area contributed by atoms with E-state index < -0.39 is 17.6 Å². The smallest absolute Gasteiger partial charge is 0.318 e. The first kappa shape index (κ1) is 10.4. The van der Waals surface area contributed by atoms with Crippen LogP contribution in [0.1, 0.15) is 20.3 Å². The number of fused-ring (bicyclic) bond motifs is 1. The summed E-state index contributed by atoms with van der Waals surface area (Å²) in [5.74, 6) is -1.25. The monoisotopic (exact) mass is 213 g/mol. The average Bonchev–Trinajstić information content (AvgIpc) is 2.66. The van der Waals surface area contributed by atoms with Crippen molar-refractivity contribution in [2.75, 3.05) is 13.7 Å². The number of rotatable bonds is 1. The molecule has 0 aromatic rings. The molecule has 2 aliphatic heterocycles. The topological polar surface area (TPSA) is 55.8 Å². The zero-order valence-corrected chi connectivity index (χ0v) is 9.15. The maximum atomic E-state index is 11.9. The Morgan fingerprint density at radius 3 is 2.80 bits per heavy atom.